The number of aliphatic hydroxyl groups excluding tert-OH is 1. The van der Waals surface area contributed by atoms with Crippen LogP contribution in [-0.4, -0.2) is 96.7 Å². The van der Waals surface area contributed by atoms with E-state index in [0.29, 0.717) is 25.7 Å². The van der Waals surface area contributed by atoms with Gasteiger partial charge in [-0.3, -0.25) is 37.3 Å². The van der Waals surface area contributed by atoms with Gasteiger partial charge in [-0.05, 0) is 37.5 Å². The molecule has 0 saturated carbocycles. The number of hydrogen-bond acceptors (Lipinski definition) is 15. The largest absolute Gasteiger partial charge is 0.472 e. The molecule has 0 aromatic heterocycles. The Bertz CT molecular complexity index is 1960. The van der Waals surface area contributed by atoms with E-state index in [9.17, 15) is 43.2 Å². The Labute approximate surface area is 626 Å². The second-order valence-electron chi connectivity index (χ2n) is 30.8. The average Bonchev–Trinajstić information content (AvgIpc) is 1.14. The van der Waals surface area contributed by atoms with Crippen molar-refractivity contribution in [3.8, 4) is 0 Å². The molecule has 3 N–H and O–H groups in total. The maximum Gasteiger partial charge on any atom is 0.472 e. The molecule has 5 atom stereocenters. The Morgan fingerprint density at radius 1 is 0.265 bits per heavy atom. The van der Waals surface area contributed by atoms with Crippen LogP contribution in [0.4, 0.5) is 0 Å². The maximum absolute atomic E-state index is 13.1. The van der Waals surface area contributed by atoms with Crippen molar-refractivity contribution in [2.45, 2.75) is 458 Å². The van der Waals surface area contributed by atoms with Crippen molar-refractivity contribution in [1.82, 2.24) is 0 Å². The minimum Gasteiger partial charge on any atom is -0.462 e. The van der Waals surface area contributed by atoms with Crippen LogP contribution in [0, 0.1) is 11.8 Å². The number of hydrogen-bond donors (Lipinski definition) is 3. The number of ether oxygens (including phenoxy) is 4. The van der Waals surface area contributed by atoms with E-state index in [1.807, 2.05) is 0 Å². The van der Waals surface area contributed by atoms with Gasteiger partial charge in [-0.25, -0.2) is 9.13 Å². The summed E-state index contributed by atoms with van der Waals surface area (Å²) in [5.41, 5.74) is 0. The molecule has 0 aliphatic carbocycles. The molecule has 0 aromatic rings. The zero-order chi connectivity index (χ0) is 74.9. The standard InChI is InChI=1S/C83H162O17P2/c1-7-9-11-13-15-17-19-21-22-23-27-30-33-37-40-47-53-59-65-80(85)93-71-78(99-83(88)68-62-56-50-42-38-34-31-28-25-24-26-29-32-35-39-45-51-57-63-75(3)4)73-97-101(89,90)95-69-77(84)70-96-102(91,92)98-74-79(72-94-81(86)66-60-54-48-44-43-46-52-58-64-76(5)6)100-82(87)67-61-55-49-41-36-20-18-16-14-12-10-8-2/h75-79,84H,7-74H2,1-6H3,(H,89,90)(H,91,92)/t77-,78-,79-/m1/s1. The Hall–Kier alpha value is -1.94. The van der Waals surface area contributed by atoms with Gasteiger partial charge in [0, 0.05) is 25.7 Å². The van der Waals surface area contributed by atoms with Gasteiger partial charge in [-0.15, -0.1) is 0 Å². The molecule has 0 aliphatic rings. The van der Waals surface area contributed by atoms with Gasteiger partial charge in [0.1, 0.15) is 19.3 Å². The first kappa shape index (κ1) is 100. The highest BCUT2D eigenvalue weighted by atomic mass is 31.2. The third-order valence-electron chi connectivity index (χ3n) is 19.5. The number of esters is 4. The first-order valence-electron chi connectivity index (χ1n) is 43.0. The average molecular weight is 1490 g/mol. The van der Waals surface area contributed by atoms with Gasteiger partial charge in [0.25, 0.3) is 0 Å². The number of aliphatic hydroxyl groups is 1. The molecular weight excluding hydrogens is 1330 g/mol. The lowest BCUT2D eigenvalue weighted by Crippen LogP contribution is -2.30. The van der Waals surface area contributed by atoms with Crippen LogP contribution < -0.4 is 0 Å². The van der Waals surface area contributed by atoms with Crippen LogP contribution in [0.1, 0.15) is 440 Å². The molecule has 0 spiro atoms. The first-order valence-corrected chi connectivity index (χ1v) is 46.0. The van der Waals surface area contributed by atoms with Gasteiger partial charge < -0.3 is 33.8 Å². The Balaban J connectivity index is 5.22. The van der Waals surface area contributed by atoms with Gasteiger partial charge in [-0.2, -0.15) is 0 Å². The zero-order valence-electron chi connectivity index (χ0n) is 66.9. The van der Waals surface area contributed by atoms with Crippen molar-refractivity contribution in [3.63, 3.8) is 0 Å². The molecular formula is C83H162O17P2. The molecule has 0 saturated heterocycles. The minimum atomic E-state index is -4.96. The normalized spacial score (nSPS) is 13.9. The van der Waals surface area contributed by atoms with Crippen molar-refractivity contribution in [1.29, 1.82) is 0 Å². The first-order chi connectivity index (χ1) is 49.4. The third-order valence-corrected chi connectivity index (χ3v) is 21.4. The van der Waals surface area contributed by atoms with Crippen LogP contribution >= 0.6 is 15.6 Å². The molecule has 0 amide bonds. The highest BCUT2D eigenvalue weighted by Gasteiger charge is 2.30. The molecule has 606 valence electrons. The van der Waals surface area contributed by atoms with Crippen LogP contribution in [0.3, 0.4) is 0 Å². The summed E-state index contributed by atoms with van der Waals surface area (Å²) in [6, 6.07) is 0. The molecule has 0 heterocycles. The van der Waals surface area contributed by atoms with Crippen molar-refractivity contribution in [2.24, 2.45) is 11.8 Å². The van der Waals surface area contributed by atoms with Crippen LogP contribution in [-0.2, 0) is 65.4 Å². The Morgan fingerprint density at radius 2 is 0.451 bits per heavy atom. The highest BCUT2D eigenvalue weighted by molar-refractivity contribution is 7.47. The molecule has 0 rings (SSSR count). The maximum atomic E-state index is 13.1. The second-order valence-corrected chi connectivity index (χ2v) is 33.7. The minimum absolute atomic E-state index is 0.107. The molecule has 102 heavy (non-hydrogen) atoms. The molecule has 0 radical (unpaired) electrons. The van der Waals surface area contributed by atoms with Crippen molar-refractivity contribution in [3.05, 3.63) is 0 Å². The van der Waals surface area contributed by atoms with E-state index in [0.717, 1.165) is 102 Å². The molecule has 17 nitrogen and oxygen atoms in total. The lowest BCUT2D eigenvalue weighted by Gasteiger charge is -2.21. The number of rotatable bonds is 82. The smallest absolute Gasteiger partial charge is 0.462 e. The van der Waals surface area contributed by atoms with Crippen LogP contribution in [0.5, 0.6) is 0 Å². The van der Waals surface area contributed by atoms with Crippen molar-refractivity contribution < 1.29 is 80.2 Å². The monoisotopic (exact) mass is 1490 g/mol. The van der Waals surface area contributed by atoms with Crippen LogP contribution in [0.25, 0.3) is 0 Å². The Kier molecular flexibility index (Phi) is 73.1. The zero-order valence-corrected chi connectivity index (χ0v) is 68.7. The van der Waals surface area contributed by atoms with Crippen LogP contribution in [0.15, 0.2) is 0 Å². The fraction of sp³-hybridized carbons (Fsp3) is 0.952. The lowest BCUT2D eigenvalue weighted by atomic mass is 10.0. The summed E-state index contributed by atoms with van der Waals surface area (Å²) < 4.78 is 68.8. The van der Waals surface area contributed by atoms with Gasteiger partial charge >= 0.3 is 39.5 Å². The van der Waals surface area contributed by atoms with Gasteiger partial charge in [-0.1, -0.05) is 388 Å². The predicted molar refractivity (Wildman–Crippen MR) is 418 cm³/mol. The number of phosphoric acid groups is 2. The molecule has 0 aliphatic heterocycles. The van der Waals surface area contributed by atoms with Gasteiger partial charge in [0.05, 0.1) is 26.4 Å². The summed E-state index contributed by atoms with van der Waals surface area (Å²) in [5.74, 6) is -0.559. The van der Waals surface area contributed by atoms with Gasteiger partial charge in [0.15, 0.2) is 12.2 Å². The highest BCUT2D eigenvalue weighted by Crippen LogP contribution is 2.45. The van der Waals surface area contributed by atoms with E-state index in [1.165, 1.54) is 257 Å². The Morgan fingerprint density at radius 3 is 0.667 bits per heavy atom. The van der Waals surface area contributed by atoms with Crippen LogP contribution in [0.2, 0.25) is 0 Å². The van der Waals surface area contributed by atoms with E-state index in [2.05, 4.69) is 41.5 Å². The summed E-state index contributed by atoms with van der Waals surface area (Å²) >= 11 is 0. The number of carbonyl (C=O) groups excluding carboxylic acids is 4. The van der Waals surface area contributed by atoms with Gasteiger partial charge in [0.2, 0.25) is 0 Å². The summed E-state index contributed by atoms with van der Waals surface area (Å²) in [6.45, 7) is 9.65. The topological polar surface area (TPSA) is 237 Å². The SMILES string of the molecule is CCCCCCCCCCCCCCCCCCCCC(=O)OC[C@H](COP(=O)(O)OC[C@@H](O)COP(=O)(O)OC[C@@H](COC(=O)CCCCCCCCCCC(C)C)OC(=O)CCCCCCCCCCCCCC)OC(=O)CCCCCCCCCCCCCCCCCCCCC(C)C. The predicted octanol–water partition coefficient (Wildman–Crippen LogP) is 25.1. The van der Waals surface area contributed by atoms with E-state index >= 15 is 0 Å². The van der Waals surface area contributed by atoms with E-state index < -0.39 is 97.5 Å². The fourth-order valence-corrected chi connectivity index (χ4v) is 14.5. The van der Waals surface area contributed by atoms with E-state index in [1.54, 1.807) is 0 Å². The lowest BCUT2D eigenvalue weighted by molar-refractivity contribution is -0.161. The molecule has 2 unspecified atom stereocenters. The molecule has 0 bridgehead atoms. The quantitative estimate of drug-likeness (QED) is 0.0222. The number of unbranched alkanes of at least 4 members (excludes halogenated alkanes) is 52. The molecule has 19 heteroatoms. The second kappa shape index (κ2) is 74.5. The third kappa shape index (κ3) is 76.3. The van der Waals surface area contributed by atoms with Crippen molar-refractivity contribution >= 4 is 39.5 Å². The van der Waals surface area contributed by atoms with Crippen molar-refractivity contribution in [2.75, 3.05) is 39.6 Å². The number of carbonyl (C=O) groups is 4. The van der Waals surface area contributed by atoms with E-state index in [4.69, 9.17) is 37.0 Å². The summed E-state index contributed by atoms with van der Waals surface area (Å²) in [4.78, 5) is 73.1. The molecule has 0 aromatic carbocycles. The number of phosphoric ester groups is 2. The summed E-state index contributed by atoms with van der Waals surface area (Å²) in [6.07, 6.45) is 65.3. The molecule has 0 fully saturated rings. The fourth-order valence-electron chi connectivity index (χ4n) is 12.9. The summed E-state index contributed by atoms with van der Waals surface area (Å²) in [5, 5.41) is 10.6. The van der Waals surface area contributed by atoms with E-state index in [-0.39, 0.29) is 25.7 Å². The summed E-state index contributed by atoms with van der Waals surface area (Å²) in [7, 11) is -9.92.